The molecule has 132 valence electrons. The molecule has 0 atom stereocenters. The minimum atomic E-state index is -0.824. The largest absolute Gasteiger partial charge is 0.478 e. The number of hydrogen-bond donors (Lipinski definition) is 1. The van der Waals surface area contributed by atoms with Crippen molar-refractivity contribution in [2.24, 2.45) is 5.92 Å². The van der Waals surface area contributed by atoms with E-state index in [1.54, 1.807) is 12.1 Å². The van der Waals surface area contributed by atoms with E-state index in [0.29, 0.717) is 11.5 Å². The third kappa shape index (κ3) is 4.67. The zero-order valence-corrected chi connectivity index (χ0v) is 14.8. The Labute approximate surface area is 149 Å². The Morgan fingerprint density at radius 2 is 1.96 bits per heavy atom. The molecule has 1 aliphatic rings. The summed E-state index contributed by atoms with van der Waals surface area (Å²) < 4.78 is 0. The lowest BCUT2D eigenvalue weighted by Gasteiger charge is -2.32. The first-order valence-corrected chi connectivity index (χ1v) is 9.13. The lowest BCUT2D eigenvalue weighted by atomic mass is 9.88. The molecule has 25 heavy (non-hydrogen) atoms. The maximum atomic E-state index is 11.3. The van der Waals surface area contributed by atoms with Crippen LogP contribution >= 0.6 is 0 Å². The van der Waals surface area contributed by atoms with Crippen molar-refractivity contribution in [3.05, 3.63) is 65.0 Å². The molecule has 1 aliphatic heterocycles. The van der Waals surface area contributed by atoms with Gasteiger partial charge in [0.1, 0.15) is 0 Å². The molecule has 4 heteroatoms. The van der Waals surface area contributed by atoms with Gasteiger partial charge in [-0.2, -0.15) is 0 Å². The van der Waals surface area contributed by atoms with Gasteiger partial charge >= 0.3 is 5.97 Å². The van der Waals surface area contributed by atoms with Gasteiger partial charge in [-0.05, 0) is 68.0 Å². The Bertz CT molecular complexity index is 704. The highest BCUT2D eigenvalue weighted by Crippen LogP contribution is 2.24. The highest BCUT2D eigenvalue weighted by Gasteiger charge is 2.21. The zero-order chi connectivity index (χ0) is 17.6. The number of hydrogen-bond acceptors (Lipinski definition) is 3. The van der Waals surface area contributed by atoms with Gasteiger partial charge in [-0.1, -0.05) is 31.2 Å². The topological polar surface area (TPSA) is 53.4 Å². The van der Waals surface area contributed by atoms with Crippen molar-refractivity contribution >= 4 is 5.97 Å². The van der Waals surface area contributed by atoms with Gasteiger partial charge in [0, 0.05) is 12.7 Å². The van der Waals surface area contributed by atoms with Crippen LogP contribution in [0.3, 0.4) is 0 Å². The average molecular weight is 338 g/mol. The first-order chi connectivity index (χ1) is 12.2. The number of carboxylic acid groups (broad SMARTS) is 1. The molecular formula is C21H26N2O2. The molecular weight excluding hydrogens is 312 g/mol. The van der Waals surface area contributed by atoms with Crippen LogP contribution in [0.5, 0.6) is 0 Å². The minimum absolute atomic E-state index is 0.449. The molecule has 0 amide bonds. The number of aromatic nitrogens is 1. The Morgan fingerprint density at radius 1 is 1.20 bits per heavy atom. The summed E-state index contributed by atoms with van der Waals surface area (Å²) in [7, 11) is 0. The predicted octanol–water partition coefficient (Wildman–Crippen LogP) is 3.80. The summed E-state index contributed by atoms with van der Waals surface area (Å²) in [5, 5.41) is 9.32. The van der Waals surface area contributed by atoms with Crippen LogP contribution in [0.2, 0.25) is 0 Å². The molecule has 0 radical (unpaired) electrons. The van der Waals surface area contributed by atoms with Crippen LogP contribution in [0.4, 0.5) is 0 Å². The van der Waals surface area contributed by atoms with Crippen molar-refractivity contribution in [1.29, 1.82) is 0 Å². The number of carbonyl (C=O) groups is 1. The van der Waals surface area contributed by atoms with Crippen LogP contribution in [0, 0.1) is 5.92 Å². The van der Waals surface area contributed by atoms with Crippen molar-refractivity contribution in [3.8, 4) is 0 Å². The summed E-state index contributed by atoms with van der Waals surface area (Å²) in [4.78, 5) is 18.4. The summed E-state index contributed by atoms with van der Waals surface area (Å²) in [5.41, 5.74) is 3.82. The molecule has 0 aliphatic carbocycles. The van der Waals surface area contributed by atoms with Crippen molar-refractivity contribution in [2.75, 3.05) is 13.1 Å². The van der Waals surface area contributed by atoms with Gasteiger partial charge < -0.3 is 5.11 Å². The summed E-state index contributed by atoms with van der Waals surface area (Å²) >= 11 is 0. The lowest BCUT2D eigenvalue weighted by molar-refractivity contribution is 0.0695. The van der Waals surface area contributed by atoms with Gasteiger partial charge in [0.2, 0.25) is 0 Å². The number of carboxylic acids is 1. The standard InChI is InChI=1S/C21H26N2O2/c1-2-16-7-8-19(22-14-16)15-23-11-9-17(10-12-23)13-18-5-3-4-6-20(18)21(24)25/h3-8,14,17H,2,9-13,15H2,1H3,(H,24,25). The quantitative estimate of drug-likeness (QED) is 0.870. The molecule has 0 bridgehead atoms. The van der Waals surface area contributed by atoms with E-state index in [-0.39, 0.29) is 0 Å². The number of aryl methyl sites for hydroxylation is 1. The van der Waals surface area contributed by atoms with Crippen LogP contribution in [0.1, 0.15) is 46.9 Å². The van der Waals surface area contributed by atoms with E-state index < -0.39 is 5.97 Å². The maximum Gasteiger partial charge on any atom is 0.335 e. The van der Waals surface area contributed by atoms with E-state index in [9.17, 15) is 9.90 Å². The number of piperidine rings is 1. The fourth-order valence-corrected chi connectivity index (χ4v) is 3.55. The SMILES string of the molecule is CCc1ccc(CN2CCC(Cc3ccccc3C(=O)O)CC2)nc1. The van der Waals surface area contributed by atoms with Crippen molar-refractivity contribution in [1.82, 2.24) is 9.88 Å². The van der Waals surface area contributed by atoms with E-state index in [1.165, 1.54) is 5.56 Å². The third-order valence-corrected chi connectivity index (χ3v) is 5.14. The molecule has 2 heterocycles. The highest BCUT2D eigenvalue weighted by molar-refractivity contribution is 5.89. The number of pyridine rings is 1. The van der Waals surface area contributed by atoms with E-state index in [1.807, 2.05) is 18.3 Å². The second-order valence-corrected chi connectivity index (χ2v) is 6.90. The first kappa shape index (κ1) is 17.6. The van der Waals surface area contributed by atoms with E-state index in [0.717, 1.165) is 56.6 Å². The molecule has 1 saturated heterocycles. The van der Waals surface area contributed by atoms with Gasteiger partial charge in [0.25, 0.3) is 0 Å². The maximum absolute atomic E-state index is 11.3. The minimum Gasteiger partial charge on any atom is -0.478 e. The molecule has 3 rings (SSSR count). The van der Waals surface area contributed by atoms with E-state index in [4.69, 9.17) is 0 Å². The summed E-state index contributed by atoms with van der Waals surface area (Å²) in [6.07, 6.45) is 6.09. The Kier molecular flexibility index (Phi) is 5.82. The fraction of sp³-hybridized carbons (Fsp3) is 0.429. The Morgan fingerprint density at radius 3 is 2.60 bits per heavy atom. The summed E-state index contributed by atoms with van der Waals surface area (Å²) in [5.74, 6) is -0.262. The first-order valence-electron chi connectivity index (χ1n) is 9.13. The second-order valence-electron chi connectivity index (χ2n) is 6.90. The van der Waals surface area contributed by atoms with Crippen molar-refractivity contribution < 1.29 is 9.90 Å². The Balaban J connectivity index is 1.52. The van der Waals surface area contributed by atoms with Crippen molar-refractivity contribution in [3.63, 3.8) is 0 Å². The number of rotatable bonds is 6. The summed E-state index contributed by atoms with van der Waals surface area (Å²) in [6.45, 7) is 5.15. The number of aromatic carboxylic acids is 1. The normalized spacial score (nSPS) is 16.0. The van der Waals surface area contributed by atoms with Crippen LogP contribution in [-0.4, -0.2) is 34.0 Å². The molecule has 1 aromatic heterocycles. The van der Waals surface area contributed by atoms with Gasteiger partial charge in [-0.3, -0.25) is 9.88 Å². The predicted molar refractivity (Wildman–Crippen MR) is 98.7 cm³/mol. The number of nitrogens with zero attached hydrogens (tertiary/aromatic N) is 2. The van der Waals surface area contributed by atoms with Crippen LogP contribution in [-0.2, 0) is 19.4 Å². The smallest absolute Gasteiger partial charge is 0.335 e. The molecule has 0 spiro atoms. The van der Waals surface area contributed by atoms with Crippen molar-refractivity contribution in [2.45, 2.75) is 39.2 Å². The van der Waals surface area contributed by atoms with E-state index in [2.05, 4.69) is 28.9 Å². The molecule has 2 aromatic rings. The summed E-state index contributed by atoms with van der Waals surface area (Å²) in [6, 6.07) is 11.7. The average Bonchev–Trinajstić information content (AvgIpc) is 2.64. The van der Waals surface area contributed by atoms with E-state index >= 15 is 0 Å². The molecule has 1 aromatic carbocycles. The van der Waals surface area contributed by atoms with Crippen LogP contribution < -0.4 is 0 Å². The van der Waals surface area contributed by atoms with Gasteiger partial charge in [0.15, 0.2) is 0 Å². The number of benzene rings is 1. The monoisotopic (exact) mass is 338 g/mol. The Hall–Kier alpha value is -2.20. The van der Waals surface area contributed by atoms with Gasteiger partial charge in [-0.25, -0.2) is 4.79 Å². The fourth-order valence-electron chi connectivity index (χ4n) is 3.55. The van der Waals surface area contributed by atoms with Gasteiger partial charge in [-0.15, -0.1) is 0 Å². The molecule has 1 fully saturated rings. The van der Waals surface area contributed by atoms with Crippen LogP contribution in [0.25, 0.3) is 0 Å². The van der Waals surface area contributed by atoms with Gasteiger partial charge in [0.05, 0.1) is 11.3 Å². The molecule has 0 unspecified atom stereocenters. The third-order valence-electron chi connectivity index (χ3n) is 5.14. The van der Waals surface area contributed by atoms with Crippen LogP contribution in [0.15, 0.2) is 42.6 Å². The highest BCUT2D eigenvalue weighted by atomic mass is 16.4. The number of likely N-dealkylation sites (tertiary alicyclic amines) is 1. The molecule has 1 N–H and O–H groups in total. The zero-order valence-electron chi connectivity index (χ0n) is 14.8. The lowest BCUT2D eigenvalue weighted by Crippen LogP contribution is -2.34. The molecule has 0 saturated carbocycles. The second kappa shape index (κ2) is 8.26. The molecule has 4 nitrogen and oxygen atoms in total.